The lowest BCUT2D eigenvalue weighted by molar-refractivity contribution is -0.198. The van der Waals surface area contributed by atoms with Crippen LogP contribution in [-0.2, 0) is 4.79 Å². The number of hydrogen-bond acceptors (Lipinski definition) is 8. The Labute approximate surface area is 264 Å². The van der Waals surface area contributed by atoms with Gasteiger partial charge in [-0.15, -0.1) is 0 Å². The maximum atomic E-state index is 14.8. The fraction of sp³-hybridized carbons (Fsp3) is 0.394. The van der Waals surface area contributed by atoms with Crippen molar-refractivity contribution in [2.24, 2.45) is 5.41 Å². The second-order valence-corrected chi connectivity index (χ2v) is 12.4. The van der Waals surface area contributed by atoms with E-state index < -0.39 is 24.3 Å². The topological polar surface area (TPSA) is 131 Å². The van der Waals surface area contributed by atoms with Crippen LogP contribution in [0.2, 0.25) is 0 Å². The second-order valence-electron chi connectivity index (χ2n) is 12.4. The second kappa shape index (κ2) is 11.9. The summed E-state index contributed by atoms with van der Waals surface area (Å²) in [6.07, 6.45) is -3.64. The number of aliphatic carboxylic acids is 1. The summed E-state index contributed by atoms with van der Waals surface area (Å²) in [5.41, 5.74) is 10.4. The quantitative estimate of drug-likeness (QED) is 0.239. The summed E-state index contributed by atoms with van der Waals surface area (Å²) in [6.45, 7) is 7.43. The summed E-state index contributed by atoms with van der Waals surface area (Å²) >= 11 is 0. The average Bonchev–Trinajstić information content (AvgIpc) is 3.63. The van der Waals surface area contributed by atoms with Crippen LogP contribution in [-0.4, -0.2) is 62.7 Å². The van der Waals surface area contributed by atoms with E-state index in [0.717, 1.165) is 22.3 Å². The third kappa shape index (κ3) is 6.37. The van der Waals surface area contributed by atoms with Crippen LogP contribution in [0.1, 0.15) is 47.8 Å². The molecule has 2 fully saturated rings. The van der Waals surface area contributed by atoms with Crippen molar-refractivity contribution in [1.29, 1.82) is 0 Å². The van der Waals surface area contributed by atoms with Crippen LogP contribution in [0.5, 0.6) is 5.88 Å². The van der Waals surface area contributed by atoms with E-state index in [-0.39, 0.29) is 28.5 Å². The number of rotatable bonds is 7. The number of carboxylic acid groups (broad SMARTS) is 1. The van der Waals surface area contributed by atoms with Crippen LogP contribution in [0.25, 0.3) is 16.8 Å². The van der Waals surface area contributed by atoms with Crippen molar-refractivity contribution < 1.29 is 27.8 Å². The molecule has 2 atom stereocenters. The SMILES string of the molecule is Cc1ccn(-c2cc(-c3ccc(C)c(C)c3)ccc2[C@H](Oc2cc(N3CCC4(CC3)CN[C@H](C(=O)O)C4)nc(N)n2)C(F)(F)F)n1. The van der Waals surface area contributed by atoms with Gasteiger partial charge in [0.15, 0.2) is 0 Å². The van der Waals surface area contributed by atoms with Crippen molar-refractivity contribution >= 4 is 17.7 Å². The molecule has 2 saturated heterocycles. The minimum Gasteiger partial charge on any atom is -0.480 e. The van der Waals surface area contributed by atoms with Crippen LogP contribution < -0.4 is 20.7 Å². The third-order valence-corrected chi connectivity index (χ3v) is 9.17. The van der Waals surface area contributed by atoms with Gasteiger partial charge in [0.2, 0.25) is 17.9 Å². The van der Waals surface area contributed by atoms with Crippen molar-refractivity contribution in [3.8, 4) is 22.7 Å². The van der Waals surface area contributed by atoms with Crippen molar-refractivity contribution in [3.63, 3.8) is 0 Å². The monoisotopic (exact) mass is 635 g/mol. The summed E-state index contributed by atoms with van der Waals surface area (Å²) in [7, 11) is 0. The van der Waals surface area contributed by atoms with Gasteiger partial charge in [-0.05, 0) is 79.8 Å². The number of nitrogens with zero attached hydrogens (tertiary/aromatic N) is 5. The molecular formula is C33H36F3N7O3. The Morgan fingerprint density at radius 1 is 1.04 bits per heavy atom. The van der Waals surface area contributed by atoms with Gasteiger partial charge < -0.3 is 25.8 Å². The van der Waals surface area contributed by atoms with E-state index in [4.69, 9.17) is 10.5 Å². The normalized spacial score (nSPS) is 18.6. The highest BCUT2D eigenvalue weighted by atomic mass is 19.4. The van der Waals surface area contributed by atoms with Gasteiger partial charge in [-0.1, -0.05) is 30.3 Å². The first-order chi connectivity index (χ1) is 21.8. The minimum absolute atomic E-state index is 0.136. The molecule has 0 radical (unpaired) electrons. The molecule has 0 bridgehead atoms. The number of carbonyl (C=O) groups is 1. The number of carboxylic acids is 1. The summed E-state index contributed by atoms with van der Waals surface area (Å²) in [5.74, 6) is -1.03. The standard InChI is InChI=1S/C33H36F3N7O3/c1-19-4-5-22(14-20(19)2)23-6-7-24(26(15-23)43-11-8-21(3)41-43)29(33(34,35)36)46-28-16-27(39-31(37)40-28)42-12-9-32(10-13-42)17-25(30(44)45)38-18-32/h4-8,11,14-16,25,29,38H,9-10,12-13,17-18H2,1-3H3,(H,44,45)(H2,37,39,40)/t25-,29-/m0/s1. The molecule has 2 aliphatic rings. The fourth-order valence-electron chi connectivity index (χ4n) is 6.38. The first-order valence-electron chi connectivity index (χ1n) is 15.1. The molecule has 0 saturated carbocycles. The number of alkyl halides is 3. The van der Waals surface area contributed by atoms with Crippen LogP contribution in [0, 0.1) is 26.2 Å². The molecule has 4 heterocycles. The van der Waals surface area contributed by atoms with Gasteiger partial charge in [0.25, 0.3) is 0 Å². The maximum absolute atomic E-state index is 14.8. The molecule has 6 rings (SSSR count). The molecule has 4 aromatic rings. The molecule has 242 valence electrons. The highest BCUT2D eigenvalue weighted by Crippen LogP contribution is 2.43. The molecule has 0 unspecified atom stereocenters. The molecule has 10 nitrogen and oxygen atoms in total. The van der Waals surface area contributed by atoms with E-state index in [1.54, 1.807) is 31.3 Å². The van der Waals surface area contributed by atoms with E-state index >= 15 is 0 Å². The average molecular weight is 636 g/mol. The van der Waals surface area contributed by atoms with Gasteiger partial charge in [0, 0.05) is 37.5 Å². The number of nitrogens with two attached hydrogens (primary N) is 1. The number of halogens is 3. The van der Waals surface area contributed by atoms with Crippen LogP contribution in [0.3, 0.4) is 0 Å². The van der Waals surface area contributed by atoms with Crippen molar-refractivity contribution in [2.75, 3.05) is 30.3 Å². The first kappa shape index (κ1) is 31.3. The fourth-order valence-corrected chi connectivity index (χ4v) is 6.38. The lowest BCUT2D eigenvalue weighted by atomic mass is 9.76. The van der Waals surface area contributed by atoms with E-state index in [1.807, 2.05) is 36.9 Å². The Morgan fingerprint density at radius 2 is 1.76 bits per heavy atom. The smallest absolute Gasteiger partial charge is 0.429 e. The molecule has 13 heteroatoms. The predicted molar refractivity (Wildman–Crippen MR) is 167 cm³/mol. The van der Waals surface area contributed by atoms with Gasteiger partial charge >= 0.3 is 12.1 Å². The summed E-state index contributed by atoms with van der Waals surface area (Å²) in [6, 6.07) is 13.2. The Kier molecular flexibility index (Phi) is 8.13. The first-order valence-corrected chi connectivity index (χ1v) is 15.1. The van der Waals surface area contributed by atoms with Gasteiger partial charge in [0.1, 0.15) is 11.9 Å². The lowest BCUT2D eigenvalue weighted by Gasteiger charge is -2.39. The number of nitrogens with one attached hydrogen (secondary N) is 1. The van der Waals surface area contributed by atoms with E-state index in [2.05, 4.69) is 20.4 Å². The van der Waals surface area contributed by atoms with E-state index in [1.165, 1.54) is 16.8 Å². The zero-order valence-electron chi connectivity index (χ0n) is 25.8. The van der Waals surface area contributed by atoms with Crippen molar-refractivity contribution in [3.05, 3.63) is 77.1 Å². The van der Waals surface area contributed by atoms with Gasteiger partial charge in [-0.2, -0.15) is 28.2 Å². The number of hydrogen-bond donors (Lipinski definition) is 3. The minimum atomic E-state index is -4.81. The van der Waals surface area contributed by atoms with Crippen LogP contribution >= 0.6 is 0 Å². The number of aryl methyl sites for hydroxylation is 3. The molecule has 0 aliphatic carbocycles. The maximum Gasteiger partial charge on any atom is 0.429 e. The number of aromatic nitrogens is 4. The summed E-state index contributed by atoms with van der Waals surface area (Å²) < 4.78 is 51.6. The lowest BCUT2D eigenvalue weighted by Crippen LogP contribution is -2.41. The van der Waals surface area contributed by atoms with Crippen molar-refractivity contribution in [2.45, 2.75) is 58.4 Å². The number of anilines is 2. The zero-order valence-corrected chi connectivity index (χ0v) is 25.8. The predicted octanol–water partition coefficient (Wildman–Crippen LogP) is 5.55. The Morgan fingerprint density at radius 3 is 2.39 bits per heavy atom. The molecule has 1 spiro atoms. The number of ether oxygens (including phenoxy) is 1. The molecule has 4 N–H and O–H groups in total. The van der Waals surface area contributed by atoms with Crippen LogP contribution in [0.4, 0.5) is 24.9 Å². The van der Waals surface area contributed by atoms with Gasteiger partial charge in [-0.25, -0.2) is 4.68 Å². The van der Waals surface area contributed by atoms with Gasteiger partial charge in [0.05, 0.1) is 11.4 Å². The third-order valence-electron chi connectivity index (χ3n) is 9.17. The highest BCUT2D eigenvalue weighted by molar-refractivity contribution is 5.74. The Balaban J connectivity index is 1.31. The molecule has 46 heavy (non-hydrogen) atoms. The summed E-state index contributed by atoms with van der Waals surface area (Å²) in [5, 5.41) is 16.9. The molecular weight excluding hydrogens is 599 g/mol. The van der Waals surface area contributed by atoms with Gasteiger partial charge in [-0.3, -0.25) is 4.79 Å². The van der Waals surface area contributed by atoms with E-state index in [0.29, 0.717) is 50.4 Å². The molecule has 0 amide bonds. The Bertz CT molecular complexity index is 1770. The summed E-state index contributed by atoms with van der Waals surface area (Å²) in [4.78, 5) is 21.7. The highest BCUT2D eigenvalue weighted by Gasteiger charge is 2.46. The number of benzene rings is 2. The number of nitrogen functional groups attached to an aromatic ring is 1. The Hall–Kier alpha value is -4.65. The molecule has 2 aromatic heterocycles. The number of piperidine rings is 1. The zero-order chi connectivity index (χ0) is 32.8. The molecule has 2 aromatic carbocycles. The van der Waals surface area contributed by atoms with E-state index in [9.17, 15) is 23.1 Å². The largest absolute Gasteiger partial charge is 0.480 e. The molecule has 2 aliphatic heterocycles. The van der Waals surface area contributed by atoms with Crippen molar-refractivity contribution in [1.82, 2.24) is 25.1 Å². The van der Waals surface area contributed by atoms with Crippen LogP contribution in [0.15, 0.2) is 54.7 Å².